The lowest BCUT2D eigenvalue weighted by Crippen LogP contribution is -2.58. The number of anilines is 2. The first-order valence-electron chi connectivity index (χ1n) is 26.4. The Morgan fingerprint density at radius 2 is 1.76 bits per heavy atom. The first kappa shape index (κ1) is 53.5. The number of aryl methyl sites for hydroxylation is 1. The van der Waals surface area contributed by atoms with Gasteiger partial charge in [-0.1, -0.05) is 68.4 Å². The molecule has 2 aliphatic carbocycles. The van der Waals surface area contributed by atoms with Gasteiger partial charge in [0.2, 0.25) is 23.6 Å². The Hall–Kier alpha value is -5.86. The molecule has 6 N–H and O–H groups in total. The van der Waals surface area contributed by atoms with E-state index in [1.807, 2.05) is 99.2 Å². The Morgan fingerprint density at radius 1 is 0.987 bits per heavy atom. The maximum atomic E-state index is 13.9. The largest absolute Gasteiger partial charge is 0.490 e. The van der Waals surface area contributed by atoms with Crippen molar-refractivity contribution in [3.05, 3.63) is 100 Å². The molecule has 20 heteroatoms. The number of piperidine rings is 1. The fourth-order valence-electron chi connectivity index (χ4n) is 11.7. The number of carbonyl (C=O) groups is 4. The van der Waals surface area contributed by atoms with Crippen molar-refractivity contribution in [2.24, 2.45) is 22.5 Å². The van der Waals surface area contributed by atoms with Crippen molar-refractivity contribution in [1.29, 1.82) is 0 Å². The third kappa shape index (κ3) is 11.4. The molecule has 2 aromatic carbocycles. The second kappa shape index (κ2) is 22.2. The number of likely N-dealkylation sites (tertiary alicyclic amines) is 2. The number of halogens is 1. The van der Waals surface area contributed by atoms with Crippen LogP contribution in [0.3, 0.4) is 0 Å². The van der Waals surface area contributed by atoms with Gasteiger partial charge < -0.3 is 46.2 Å². The molecule has 3 saturated heterocycles. The molecule has 0 unspecified atom stereocenters. The number of aliphatic hydroxyl groups is 1. The van der Waals surface area contributed by atoms with Gasteiger partial charge in [-0.25, -0.2) is 15.0 Å². The van der Waals surface area contributed by atoms with E-state index >= 15 is 0 Å². The van der Waals surface area contributed by atoms with Gasteiger partial charge in [-0.3, -0.25) is 24.2 Å². The molecule has 1 spiro atoms. The summed E-state index contributed by atoms with van der Waals surface area (Å²) in [6, 6.07) is 14.2. The average molecular weight is 1090 g/mol. The summed E-state index contributed by atoms with van der Waals surface area (Å²) >= 11 is 10.0. The Labute approximate surface area is 457 Å². The Morgan fingerprint density at radius 3 is 2.45 bits per heavy atom. The quantitative estimate of drug-likeness (QED) is 0.0735. The van der Waals surface area contributed by atoms with E-state index in [0.29, 0.717) is 49.5 Å². The predicted octanol–water partition coefficient (Wildman–Crippen LogP) is 7.34. The molecule has 4 fully saturated rings. The van der Waals surface area contributed by atoms with E-state index in [4.69, 9.17) is 32.0 Å². The summed E-state index contributed by atoms with van der Waals surface area (Å²) in [7, 11) is 0. The molecule has 10 rings (SSSR count). The molecular formula is C56H68ClN11O6S2. The van der Waals surface area contributed by atoms with Crippen LogP contribution in [0.15, 0.2) is 82.6 Å². The third-order valence-electron chi connectivity index (χ3n) is 16.0. The van der Waals surface area contributed by atoms with Crippen molar-refractivity contribution < 1.29 is 29.0 Å². The summed E-state index contributed by atoms with van der Waals surface area (Å²) in [4.78, 5) is 79.7. The number of nitrogens with one attached hydrogen (secondary N) is 3. The SMILES string of the molecule is CC(=O)N[C@H](C(=O)N1C[C@H](O)C[C@H]1C(=O)NCc1ccc(-c2scnc2C)cc1OC1CCC(C(=O)N2CC(Nc3cccc(Sc4cnc(N5CCC6(CC5)Cc5ncccc5[C@H]6N)cn4)c3Cl)C2)CC1)C(C)(C)C. The van der Waals surface area contributed by atoms with Gasteiger partial charge in [-0.15, -0.1) is 11.3 Å². The van der Waals surface area contributed by atoms with Gasteiger partial charge in [0.15, 0.2) is 0 Å². The topological polar surface area (TPSA) is 221 Å². The third-order valence-corrected chi connectivity index (χ3v) is 18.5. The maximum Gasteiger partial charge on any atom is 0.246 e. The number of rotatable bonds is 14. The predicted molar refractivity (Wildman–Crippen MR) is 294 cm³/mol. The van der Waals surface area contributed by atoms with E-state index in [1.165, 1.54) is 29.1 Å². The van der Waals surface area contributed by atoms with Crippen LogP contribution in [-0.4, -0.2) is 122 Å². The monoisotopic (exact) mass is 1090 g/mol. The number of aliphatic hydroxyl groups excluding tert-OH is 1. The number of amides is 4. The Balaban J connectivity index is 0.703. The van der Waals surface area contributed by atoms with Crippen molar-refractivity contribution in [3.63, 3.8) is 0 Å². The molecule has 17 nitrogen and oxygen atoms in total. The van der Waals surface area contributed by atoms with Gasteiger partial charge in [0.25, 0.3) is 0 Å². The number of pyridine rings is 1. The molecule has 4 atom stereocenters. The minimum Gasteiger partial charge on any atom is -0.490 e. The number of ether oxygens (including phenoxy) is 1. The van der Waals surface area contributed by atoms with Crippen LogP contribution in [-0.2, 0) is 32.1 Å². The van der Waals surface area contributed by atoms with Crippen LogP contribution < -0.4 is 31.3 Å². The highest BCUT2D eigenvalue weighted by molar-refractivity contribution is 7.99. The summed E-state index contributed by atoms with van der Waals surface area (Å²) in [6.45, 7) is 11.9. The van der Waals surface area contributed by atoms with E-state index in [0.717, 1.165) is 81.2 Å². The van der Waals surface area contributed by atoms with Crippen LogP contribution in [0.2, 0.25) is 5.02 Å². The fourth-order valence-corrected chi connectivity index (χ4v) is 13.5. The van der Waals surface area contributed by atoms with Gasteiger partial charge in [0, 0.05) is 86.9 Å². The van der Waals surface area contributed by atoms with E-state index in [1.54, 1.807) is 11.3 Å². The highest BCUT2D eigenvalue weighted by Crippen LogP contribution is 2.50. The Bertz CT molecular complexity index is 2950. The fraction of sp³-hybridized carbons (Fsp3) is 0.500. The van der Waals surface area contributed by atoms with Gasteiger partial charge in [-0.05, 0) is 98.1 Å². The number of hydrogen-bond donors (Lipinski definition) is 5. The number of thiazole rings is 1. The molecule has 76 heavy (non-hydrogen) atoms. The van der Waals surface area contributed by atoms with Gasteiger partial charge >= 0.3 is 0 Å². The average Bonchev–Trinajstić information content (AvgIpc) is 4.16. The van der Waals surface area contributed by atoms with Crippen LogP contribution in [0.1, 0.15) is 101 Å². The van der Waals surface area contributed by atoms with Crippen molar-refractivity contribution >= 4 is 69.8 Å². The summed E-state index contributed by atoms with van der Waals surface area (Å²) in [5.74, 6) is 0.370. The molecule has 0 bridgehead atoms. The van der Waals surface area contributed by atoms with Crippen LogP contribution in [0.4, 0.5) is 11.5 Å². The molecule has 402 valence electrons. The first-order chi connectivity index (χ1) is 36.4. The van der Waals surface area contributed by atoms with E-state index < -0.39 is 35.4 Å². The van der Waals surface area contributed by atoms with Gasteiger partial charge in [0.05, 0.1) is 57.4 Å². The first-order valence-corrected chi connectivity index (χ1v) is 28.5. The zero-order chi connectivity index (χ0) is 53.5. The second-order valence-electron chi connectivity index (χ2n) is 22.4. The standard InChI is InChI=1S/C56H68ClN11O6S2/c1-32-49(75-31-63-32)35-11-12-36(25-62-52(71)43-23-38(70)30-68(43)54(73)51(55(3,4)5)64-33(2)69)44(22-35)74-39-15-13-34(14-16-39)53(72)67-28-37(29-67)65-41-9-6-10-45(48(41)57)76-47-27-60-46(26-61-47)66-20-17-56(18-21-66)24-42-40(50(56)58)8-7-19-59-42/h6-12,19,22,26-27,31,34,37-39,43,50-51,65,70H,13-18,20-21,23-25,28-30,58H2,1-5H3,(H,62,71)(H,64,69)/t34?,38-,39?,43+,50-,51-/m1/s1. The molecule has 0 radical (unpaired) electrons. The van der Waals surface area contributed by atoms with E-state index in [-0.39, 0.29) is 60.8 Å². The van der Waals surface area contributed by atoms with Crippen LogP contribution in [0.5, 0.6) is 5.75 Å². The molecule has 4 amide bonds. The Kier molecular flexibility index (Phi) is 15.7. The van der Waals surface area contributed by atoms with E-state index in [2.05, 4.69) is 36.9 Å². The number of fused-ring (bicyclic) bond motifs is 1. The number of nitrogens with zero attached hydrogens (tertiary/aromatic N) is 7. The van der Waals surface area contributed by atoms with Crippen LogP contribution >= 0.6 is 34.7 Å². The number of carbonyl (C=O) groups excluding carboxylic acids is 4. The highest BCUT2D eigenvalue weighted by Gasteiger charge is 2.47. The summed E-state index contributed by atoms with van der Waals surface area (Å²) in [5, 5.41) is 21.3. The smallest absolute Gasteiger partial charge is 0.246 e. The molecule has 3 aliphatic heterocycles. The highest BCUT2D eigenvalue weighted by atomic mass is 35.5. The molecule has 6 heterocycles. The number of β-amino-alcohol motifs (C(OH)–C–C–N with tert-alkyl or cyclic N) is 1. The summed E-state index contributed by atoms with van der Waals surface area (Å²) < 4.78 is 6.76. The van der Waals surface area contributed by atoms with Crippen LogP contribution in [0.25, 0.3) is 10.4 Å². The zero-order valence-electron chi connectivity index (χ0n) is 43.8. The summed E-state index contributed by atoms with van der Waals surface area (Å²) in [5.41, 5.74) is 13.8. The number of nitrogens with two attached hydrogens (primary N) is 1. The van der Waals surface area contributed by atoms with Crippen molar-refractivity contribution in [2.75, 3.05) is 42.9 Å². The lowest BCUT2D eigenvalue weighted by atomic mass is 9.73. The van der Waals surface area contributed by atoms with Crippen LogP contribution in [0, 0.1) is 23.7 Å². The van der Waals surface area contributed by atoms with E-state index in [9.17, 15) is 24.3 Å². The lowest BCUT2D eigenvalue weighted by molar-refractivity contribution is -0.143. The molecule has 5 aliphatic rings. The second-order valence-corrected chi connectivity index (χ2v) is 24.6. The molecule has 5 aromatic rings. The number of aromatic nitrogens is 4. The normalized spacial score (nSPS) is 22.7. The van der Waals surface area contributed by atoms with Gasteiger partial charge in [0.1, 0.15) is 28.7 Å². The number of hydrogen-bond acceptors (Lipinski definition) is 15. The lowest BCUT2D eigenvalue weighted by Gasteiger charge is -2.43. The molecule has 1 saturated carbocycles. The van der Waals surface area contributed by atoms with Gasteiger partial charge in [-0.2, -0.15) is 0 Å². The molecular weight excluding hydrogens is 1020 g/mol. The van der Waals surface area contributed by atoms with Crippen molar-refractivity contribution in [1.82, 2.24) is 40.4 Å². The van der Waals surface area contributed by atoms with Crippen molar-refractivity contribution in [3.8, 4) is 16.2 Å². The maximum absolute atomic E-state index is 13.9. The molecule has 3 aromatic heterocycles. The zero-order valence-corrected chi connectivity index (χ0v) is 46.1. The minimum atomic E-state index is -0.913. The van der Waals surface area contributed by atoms with Crippen molar-refractivity contribution in [2.45, 2.75) is 139 Å². The summed E-state index contributed by atoms with van der Waals surface area (Å²) in [6.07, 6.45) is 10.2. The minimum absolute atomic E-state index is 0.00923. The number of benzene rings is 2.